The Morgan fingerprint density at radius 3 is 2.62 bits per heavy atom. The highest BCUT2D eigenvalue weighted by atomic mass is 32.1. The second kappa shape index (κ2) is 7.16. The molecule has 0 unspecified atom stereocenters. The highest BCUT2D eigenvalue weighted by Gasteiger charge is 2.31. The van der Waals surface area contributed by atoms with Gasteiger partial charge in [-0.25, -0.2) is 4.98 Å². The molecule has 0 bridgehead atoms. The molecule has 148 valence electrons. The van der Waals surface area contributed by atoms with Gasteiger partial charge in [-0.05, 0) is 41.8 Å². The summed E-state index contributed by atoms with van der Waals surface area (Å²) < 4.78 is 39.0. The van der Waals surface area contributed by atoms with Crippen LogP contribution in [0.15, 0.2) is 53.9 Å². The molecule has 1 aromatic carbocycles. The Morgan fingerprint density at radius 1 is 1.14 bits per heavy atom. The second-order valence-electron chi connectivity index (χ2n) is 6.28. The maximum absolute atomic E-state index is 13.0. The van der Waals surface area contributed by atoms with E-state index in [-0.39, 0.29) is 16.3 Å². The lowest BCUT2D eigenvalue weighted by molar-refractivity contribution is -0.137. The van der Waals surface area contributed by atoms with Crippen LogP contribution in [0.5, 0.6) is 0 Å². The van der Waals surface area contributed by atoms with Crippen molar-refractivity contribution in [1.82, 2.24) is 4.98 Å². The first kappa shape index (κ1) is 19.4. The lowest BCUT2D eigenvalue weighted by Gasteiger charge is -2.18. The highest BCUT2D eigenvalue weighted by molar-refractivity contribution is 7.21. The fourth-order valence-electron chi connectivity index (χ4n) is 2.88. The Labute approximate surface area is 172 Å². The van der Waals surface area contributed by atoms with Gasteiger partial charge in [-0.15, -0.1) is 22.7 Å². The molecule has 0 fully saturated rings. The van der Waals surface area contributed by atoms with Crippen molar-refractivity contribution >= 4 is 50.2 Å². The van der Waals surface area contributed by atoms with Gasteiger partial charge in [0.25, 0.3) is 5.91 Å². The number of halogens is 3. The Kier molecular flexibility index (Phi) is 4.79. The number of carbonyl (C=O) groups excluding carboxylic acids is 1. The molecular weight excluding hydrogens is 419 g/mol. The quantitative estimate of drug-likeness (QED) is 0.437. The summed E-state index contributed by atoms with van der Waals surface area (Å²) >= 11 is 2.68. The van der Waals surface area contributed by atoms with E-state index in [1.807, 2.05) is 29.6 Å². The molecular formula is C20H14F3N3OS2. The minimum atomic E-state index is -4.49. The van der Waals surface area contributed by atoms with Crippen LogP contribution in [-0.4, -0.2) is 17.9 Å². The average molecular weight is 433 g/mol. The molecule has 2 N–H and O–H groups in total. The zero-order valence-electron chi connectivity index (χ0n) is 15.0. The zero-order chi connectivity index (χ0) is 20.8. The number of amides is 1. The smallest absolute Gasteiger partial charge is 0.397 e. The van der Waals surface area contributed by atoms with Gasteiger partial charge in [0.1, 0.15) is 9.71 Å². The first-order chi connectivity index (χ1) is 13.8. The second-order valence-corrected chi connectivity index (χ2v) is 8.23. The number of alkyl halides is 3. The fourth-order valence-corrected chi connectivity index (χ4v) is 4.64. The number of anilines is 2. The topological polar surface area (TPSA) is 59.2 Å². The Morgan fingerprint density at radius 2 is 1.93 bits per heavy atom. The van der Waals surface area contributed by atoms with Gasteiger partial charge in [0, 0.05) is 18.1 Å². The molecule has 0 radical (unpaired) electrons. The summed E-state index contributed by atoms with van der Waals surface area (Å²) in [7, 11) is 1.42. The predicted molar refractivity (Wildman–Crippen MR) is 112 cm³/mol. The van der Waals surface area contributed by atoms with Gasteiger partial charge >= 0.3 is 6.18 Å². The molecule has 0 aliphatic carbocycles. The monoisotopic (exact) mass is 433 g/mol. The molecule has 4 rings (SSSR count). The van der Waals surface area contributed by atoms with Gasteiger partial charge in [-0.3, -0.25) is 4.79 Å². The first-order valence-electron chi connectivity index (χ1n) is 8.44. The van der Waals surface area contributed by atoms with Crippen LogP contribution in [-0.2, 0) is 6.18 Å². The fraction of sp³-hybridized carbons (Fsp3) is 0.100. The van der Waals surface area contributed by atoms with Gasteiger partial charge in [-0.1, -0.05) is 12.1 Å². The van der Waals surface area contributed by atoms with Crippen LogP contribution in [0.1, 0.15) is 15.2 Å². The van der Waals surface area contributed by atoms with Gasteiger partial charge in [0.2, 0.25) is 0 Å². The van der Waals surface area contributed by atoms with E-state index in [4.69, 9.17) is 5.73 Å². The maximum atomic E-state index is 13.0. The Hall–Kier alpha value is -2.91. The SMILES string of the molecule is CN(C(=O)c1sc2nc(-c3cccs3)ccc2c1N)c1cccc(C(F)(F)F)c1. The van der Waals surface area contributed by atoms with E-state index in [1.54, 1.807) is 11.3 Å². The summed E-state index contributed by atoms with van der Waals surface area (Å²) in [6.07, 6.45) is -4.49. The van der Waals surface area contributed by atoms with E-state index in [1.165, 1.54) is 19.2 Å². The third-order valence-corrected chi connectivity index (χ3v) is 6.42. The van der Waals surface area contributed by atoms with Crippen LogP contribution in [0.25, 0.3) is 20.8 Å². The number of carbonyl (C=O) groups is 1. The molecule has 3 heterocycles. The third-order valence-electron chi connectivity index (χ3n) is 4.43. The number of hydrogen-bond donors (Lipinski definition) is 1. The lowest BCUT2D eigenvalue weighted by Crippen LogP contribution is -2.26. The van der Waals surface area contributed by atoms with Crippen molar-refractivity contribution in [2.24, 2.45) is 0 Å². The number of nitrogen functional groups attached to an aromatic ring is 1. The Balaban J connectivity index is 1.70. The van der Waals surface area contributed by atoms with E-state index in [0.29, 0.717) is 10.2 Å². The van der Waals surface area contributed by atoms with Gasteiger partial charge in [0.05, 0.1) is 21.8 Å². The molecule has 0 aliphatic heterocycles. The minimum Gasteiger partial charge on any atom is -0.397 e. The summed E-state index contributed by atoms with van der Waals surface area (Å²) in [6, 6.07) is 12.1. The Bertz CT molecular complexity index is 1200. The van der Waals surface area contributed by atoms with Crippen molar-refractivity contribution in [1.29, 1.82) is 0 Å². The van der Waals surface area contributed by atoms with Crippen LogP contribution in [0.4, 0.5) is 24.5 Å². The molecule has 0 atom stereocenters. The van der Waals surface area contributed by atoms with Gasteiger partial charge < -0.3 is 10.6 Å². The van der Waals surface area contributed by atoms with Crippen molar-refractivity contribution in [3.05, 3.63) is 64.4 Å². The average Bonchev–Trinajstić information content (AvgIpc) is 3.34. The van der Waals surface area contributed by atoms with Gasteiger partial charge in [0.15, 0.2) is 0 Å². The number of pyridine rings is 1. The van der Waals surface area contributed by atoms with E-state index in [0.717, 1.165) is 38.9 Å². The maximum Gasteiger partial charge on any atom is 0.416 e. The van der Waals surface area contributed by atoms with E-state index in [2.05, 4.69) is 4.98 Å². The molecule has 0 spiro atoms. The van der Waals surface area contributed by atoms with E-state index >= 15 is 0 Å². The van der Waals surface area contributed by atoms with Crippen LogP contribution in [0, 0.1) is 0 Å². The van der Waals surface area contributed by atoms with E-state index < -0.39 is 17.6 Å². The van der Waals surface area contributed by atoms with Crippen molar-refractivity contribution in [3.8, 4) is 10.6 Å². The molecule has 0 saturated carbocycles. The summed E-state index contributed by atoms with van der Waals surface area (Å²) in [4.78, 5) is 20.6. The number of aromatic nitrogens is 1. The van der Waals surface area contributed by atoms with Crippen molar-refractivity contribution < 1.29 is 18.0 Å². The lowest BCUT2D eigenvalue weighted by atomic mass is 10.1. The molecule has 3 aromatic heterocycles. The number of rotatable bonds is 3. The normalized spacial score (nSPS) is 11.7. The van der Waals surface area contributed by atoms with Crippen LogP contribution in [0.3, 0.4) is 0 Å². The highest BCUT2D eigenvalue weighted by Crippen LogP contribution is 2.37. The van der Waals surface area contributed by atoms with E-state index in [9.17, 15) is 18.0 Å². The van der Waals surface area contributed by atoms with Crippen molar-refractivity contribution in [2.45, 2.75) is 6.18 Å². The summed E-state index contributed by atoms with van der Waals surface area (Å²) in [6.45, 7) is 0. The van der Waals surface area contributed by atoms with Gasteiger partial charge in [-0.2, -0.15) is 13.2 Å². The molecule has 29 heavy (non-hydrogen) atoms. The van der Waals surface area contributed by atoms with Crippen molar-refractivity contribution in [3.63, 3.8) is 0 Å². The van der Waals surface area contributed by atoms with Crippen LogP contribution >= 0.6 is 22.7 Å². The molecule has 0 aliphatic rings. The molecule has 4 aromatic rings. The molecule has 4 nitrogen and oxygen atoms in total. The summed E-state index contributed by atoms with van der Waals surface area (Å²) in [5.41, 5.74) is 6.54. The van der Waals surface area contributed by atoms with Crippen molar-refractivity contribution in [2.75, 3.05) is 17.7 Å². The predicted octanol–water partition coefficient (Wildman–Crippen LogP) is 5.90. The summed E-state index contributed by atoms with van der Waals surface area (Å²) in [5, 5.41) is 2.60. The summed E-state index contributed by atoms with van der Waals surface area (Å²) in [5.74, 6) is -0.484. The number of thiophene rings is 2. The number of nitrogens with two attached hydrogens (primary N) is 1. The number of fused-ring (bicyclic) bond motifs is 1. The molecule has 0 saturated heterocycles. The van der Waals surface area contributed by atoms with Crippen LogP contribution in [0.2, 0.25) is 0 Å². The number of nitrogens with zero attached hydrogens (tertiary/aromatic N) is 2. The zero-order valence-corrected chi connectivity index (χ0v) is 16.7. The molecule has 9 heteroatoms. The number of hydrogen-bond acceptors (Lipinski definition) is 5. The standard InChI is InChI=1S/C20H14F3N3OS2/c1-26(12-5-2-4-11(10-12)20(21,22)23)19(27)17-16(24)13-7-8-14(25-18(13)29-17)15-6-3-9-28-15/h2-10H,24H2,1H3. The largest absolute Gasteiger partial charge is 0.416 e. The third kappa shape index (κ3) is 3.58. The van der Waals surface area contributed by atoms with Crippen LogP contribution < -0.4 is 10.6 Å². The number of benzene rings is 1. The minimum absolute atomic E-state index is 0.133. The molecule has 1 amide bonds. The first-order valence-corrected chi connectivity index (χ1v) is 10.1.